The molecule has 2 N–H and O–H groups in total. The fraction of sp³-hybridized carbons (Fsp3) is 0.333. The molecule has 3 aromatic rings. The van der Waals surface area contributed by atoms with E-state index in [4.69, 9.17) is 5.73 Å². The Morgan fingerprint density at radius 1 is 1.07 bits per heavy atom. The van der Waals surface area contributed by atoms with E-state index >= 15 is 0 Å². The highest BCUT2D eigenvalue weighted by atomic mass is 16.2. The minimum atomic E-state index is -0.455. The monoisotopic (exact) mass is 388 g/mol. The number of nitrogens with two attached hydrogens (primary N) is 1. The average Bonchev–Trinajstić information content (AvgIpc) is 3.01. The third kappa shape index (κ3) is 4.34. The van der Waals surface area contributed by atoms with Gasteiger partial charge in [0, 0.05) is 41.4 Å². The maximum atomic E-state index is 12.3. The van der Waals surface area contributed by atoms with Crippen LogP contribution >= 0.6 is 0 Å². The van der Waals surface area contributed by atoms with Gasteiger partial charge in [-0.05, 0) is 49.6 Å². The number of amides is 2. The lowest BCUT2D eigenvalue weighted by Crippen LogP contribution is -2.35. The molecule has 1 aliphatic rings. The first-order valence-electron chi connectivity index (χ1n) is 10.4. The predicted octanol–water partition coefficient (Wildman–Crippen LogP) is 5.01. The number of benzene rings is 2. The van der Waals surface area contributed by atoms with E-state index in [1.54, 1.807) is 4.90 Å². The molecule has 5 nitrogen and oxygen atoms in total. The highest BCUT2D eigenvalue weighted by Gasteiger charge is 2.17. The Labute approximate surface area is 172 Å². The number of fused-ring (bicyclic) bond motifs is 1. The molecule has 29 heavy (non-hydrogen) atoms. The molecule has 0 bridgehead atoms. The highest BCUT2D eigenvalue weighted by Crippen LogP contribution is 2.29. The predicted molar refractivity (Wildman–Crippen MR) is 119 cm³/mol. The molecule has 4 rings (SSSR count). The summed E-state index contributed by atoms with van der Waals surface area (Å²) in [5.74, 6) is 0. The standard InChI is InChI=1S/C24H28N4O/c1-18-15-22-20(16-26-18)7-6-8-23(22)28(24(25)29)17-19-9-11-21(12-10-19)27-13-4-2-3-5-14-27/h6-12,15-16H,2-5,13-14,17H2,1H3,(H2,25,29). The number of urea groups is 1. The molecule has 2 amide bonds. The Balaban J connectivity index is 1.59. The number of pyridine rings is 1. The topological polar surface area (TPSA) is 62.5 Å². The van der Waals surface area contributed by atoms with Crippen molar-refractivity contribution in [2.45, 2.75) is 39.2 Å². The molecule has 0 spiro atoms. The van der Waals surface area contributed by atoms with Crippen molar-refractivity contribution in [3.05, 3.63) is 66.0 Å². The van der Waals surface area contributed by atoms with Crippen molar-refractivity contribution in [1.82, 2.24) is 4.98 Å². The fourth-order valence-electron chi connectivity index (χ4n) is 4.10. The molecule has 1 aromatic heterocycles. The van der Waals surface area contributed by atoms with E-state index < -0.39 is 6.03 Å². The summed E-state index contributed by atoms with van der Waals surface area (Å²) in [4.78, 5) is 20.8. The first-order valence-corrected chi connectivity index (χ1v) is 10.4. The third-order valence-corrected chi connectivity index (χ3v) is 5.68. The van der Waals surface area contributed by atoms with Crippen LogP contribution in [0.3, 0.4) is 0 Å². The van der Waals surface area contributed by atoms with Gasteiger partial charge in [0.05, 0.1) is 12.2 Å². The minimum absolute atomic E-state index is 0.441. The van der Waals surface area contributed by atoms with Crippen molar-refractivity contribution >= 4 is 28.2 Å². The Kier molecular flexibility index (Phi) is 5.65. The maximum Gasteiger partial charge on any atom is 0.319 e. The number of aromatic nitrogens is 1. The number of rotatable bonds is 4. The molecule has 0 radical (unpaired) electrons. The second-order valence-electron chi connectivity index (χ2n) is 7.82. The normalized spacial score (nSPS) is 14.6. The van der Waals surface area contributed by atoms with Crippen LogP contribution < -0.4 is 15.5 Å². The van der Waals surface area contributed by atoms with Crippen LogP contribution in [0.4, 0.5) is 16.2 Å². The molecule has 150 valence electrons. The number of hydrogen-bond donors (Lipinski definition) is 1. The summed E-state index contributed by atoms with van der Waals surface area (Å²) in [5, 5.41) is 1.98. The van der Waals surface area contributed by atoms with Crippen LogP contribution in [0.5, 0.6) is 0 Å². The molecule has 0 unspecified atom stereocenters. The number of hydrogen-bond acceptors (Lipinski definition) is 3. The van der Waals surface area contributed by atoms with Gasteiger partial charge in [-0.15, -0.1) is 0 Å². The summed E-state index contributed by atoms with van der Waals surface area (Å²) in [6.07, 6.45) is 6.99. The van der Waals surface area contributed by atoms with E-state index in [9.17, 15) is 4.79 Å². The minimum Gasteiger partial charge on any atom is -0.372 e. The van der Waals surface area contributed by atoms with Gasteiger partial charge in [0.2, 0.25) is 0 Å². The summed E-state index contributed by atoms with van der Waals surface area (Å²) >= 11 is 0. The zero-order valence-electron chi connectivity index (χ0n) is 17.0. The SMILES string of the molecule is Cc1cc2c(N(Cc3ccc(N4CCCCCC4)cc3)C(N)=O)cccc2cn1. The van der Waals surface area contributed by atoms with E-state index in [0.717, 1.165) is 40.8 Å². The average molecular weight is 389 g/mol. The summed E-state index contributed by atoms with van der Waals surface area (Å²) in [5.41, 5.74) is 9.82. The maximum absolute atomic E-state index is 12.3. The van der Waals surface area contributed by atoms with E-state index in [1.807, 2.05) is 37.4 Å². The van der Waals surface area contributed by atoms with Gasteiger partial charge in [-0.25, -0.2) is 4.79 Å². The number of anilines is 2. The van der Waals surface area contributed by atoms with Gasteiger partial charge < -0.3 is 10.6 Å². The molecule has 2 aromatic carbocycles. The van der Waals surface area contributed by atoms with Gasteiger partial charge in [-0.1, -0.05) is 37.1 Å². The lowest BCUT2D eigenvalue weighted by Gasteiger charge is -2.24. The number of carbonyl (C=O) groups excluding carboxylic acids is 1. The Morgan fingerprint density at radius 3 is 2.48 bits per heavy atom. The number of nitrogens with zero attached hydrogens (tertiary/aromatic N) is 3. The van der Waals surface area contributed by atoms with Gasteiger partial charge in [-0.2, -0.15) is 0 Å². The third-order valence-electron chi connectivity index (χ3n) is 5.68. The lowest BCUT2D eigenvalue weighted by molar-refractivity contribution is 0.253. The van der Waals surface area contributed by atoms with Crippen molar-refractivity contribution in [3.63, 3.8) is 0 Å². The van der Waals surface area contributed by atoms with E-state index in [-0.39, 0.29) is 0 Å². The molecule has 2 heterocycles. The van der Waals surface area contributed by atoms with Gasteiger partial charge in [0.25, 0.3) is 0 Å². The van der Waals surface area contributed by atoms with Gasteiger partial charge in [0.15, 0.2) is 0 Å². The van der Waals surface area contributed by atoms with Gasteiger partial charge in [-0.3, -0.25) is 9.88 Å². The van der Waals surface area contributed by atoms with Gasteiger partial charge >= 0.3 is 6.03 Å². The summed E-state index contributed by atoms with van der Waals surface area (Å²) < 4.78 is 0. The van der Waals surface area contributed by atoms with Crippen molar-refractivity contribution in [2.75, 3.05) is 22.9 Å². The van der Waals surface area contributed by atoms with E-state index in [2.05, 4.69) is 34.1 Å². The Hall–Kier alpha value is -3.08. The smallest absolute Gasteiger partial charge is 0.319 e. The molecule has 1 aliphatic heterocycles. The quantitative estimate of drug-likeness (QED) is 0.683. The summed E-state index contributed by atoms with van der Waals surface area (Å²) in [6.45, 7) is 4.63. The molecule has 5 heteroatoms. The van der Waals surface area contributed by atoms with Crippen LogP contribution in [0.15, 0.2) is 54.7 Å². The van der Waals surface area contributed by atoms with E-state index in [1.165, 1.54) is 31.4 Å². The van der Waals surface area contributed by atoms with Crippen LogP contribution in [0.2, 0.25) is 0 Å². The van der Waals surface area contributed by atoms with Crippen LogP contribution in [-0.2, 0) is 6.54 Å². The Morgan fingerprint density at radius 2 is 1.79 bits per heavy atom. The number of aryl methyl sites for hydroxylation is 1. The van der Waals surface area contributed by atoms with Gasteiger partial charge in [0.1, 0.15) is 0 Å². The van der Waals surface area contributed by atoms with Crippen molar-refractivity contribution < 1.29 is 4.79 Å². The van der Waals surface area contributed by atoms with Crippen LogP contribution in [0, 0.1) is 6.92 Å². The molecular formula is C24H28N4O. The van der Waals surface area contributed by atoms with Crippen LogP contribution in [-0.4, -0.2) is 24.1 Å². The second kappa shape index (κ2) is 8.52. The fourth-order valence-corrected chi connectivity index (χ4v) is 4.10. The van der Waals surface area contributed by atoms with Crippen molar-refractivity contribution in [2.24, 2.45) is 5.73 Å². The molecule has 0 aliphatic carbocycles. The first kappa shape index (κ1) is 19.2. The second-order valence-corrected chi connectivity index (χ2v) is 7.82. The summed E-state index contributed by atoms with van der Waals surface area (Å²) in [7, 11) is 0. The van der Waals surface area contributed by atoms with Crippen LogP contribution in [0.1, 0.15) is 36.9 Å². The highest BCUT2D eigenvalue weighted by molar-refractivity contribution is 6.02. The van der Waals surface area contributed by atoms with Crippen molar-refractivity contribution in [3.8, 4) is 0 Å². The molecule has 1 saturated heterocycles. The first-order chi connectivity index (χ1) is 14.1. The summed E-state index contributed by atoms with van der Waals surface area (Å²) in [6, 6.07) is 16.0. The molecule has 0 atom stereocenters. The van der Waals surface area contributed by atoms with E-state index in [0.29, 0.717) is 6.54 Å². The molecule has 1 fully saturated rings. The molecular weight excluding hydrogens is 360 g/mol. The number of carbonyl (C=O) groups is 1. The number of primary amides is 1. The Bertz CT molecular complexity index is 991. The molecule has 0 saturated carbocycles. The van der Waals surface area contributed by atoms with Crippen molar-refractivity contribution in [1.29, 1.82) is 0 Å². The van der Waals surface area contributed by atoms with Crippen LogP contribution in [0.25, 0.3) is 10.8 Å². The zero-order chi connectivity index (χ0) is 20.2. The lowest BCUT2D eigenvalue weighted by atomic mass is 10.1. The zero-order valence-corrected chi connectivity index (χ0v) is 17.0. The largest absolute Gasteiger partial charge is 0.372 e.